The molecular weight excluding hydrogens is 454 g/mol. The summed E-state index contributed by atoms with van der Waals surface area (Å²) < 4.78 is 28.2. The Balaban J connectivity index is 1.74. The lowest BCUT2D eigenvalue weighted by atomic mass is 10.1. The molecule has 0 unspecified atom stereocenters. The molecule has 0 saturated carbocycles. The first kappa shape index (κ1) is 19.6. The number of hydrogen-bond acceptors (Lipinski definition) is 5. The van der Waals surface area contributed by atoms with Crippen LogP contribution in [0.1, 0.15) is 0 Å². The van der Waals surface area contributed by atoms with Gasteiger partial charge in [-0.05, 0) is 40.2 Å². The molecule has 0 radical (unpaired) electrons. The lowest BCUT2D eigenvalue weighted by molar-refractivity contribution is 0.521. The third-order valence-corrected chi connectivity index (χ3v) is 6.79. The molecule has 0 atom stereocenters. The Labute approximate surface area is 177 Å². The van der Waals surface area contributed by atoms with E-state index in [0.717, 1.165) is 21.4 Å². The zero-order chi connectivity index (χ0) is 20.6. The fourth-order valence-electron chi connectivity index (χ4n) is 2.85. The molecule has 9 heteroatoms. The second-order valence-corrected chi connectivity index (χ2v) is 9.56. The molecule has 148 valence electrons. The first-order chi connectivity index (χ1) is 13.9. The number of rotatable bonds is 5. The van der Waals surface area contributed by atoms with Gasteiger partial charge in [-0.3, -0.25) is 0 Å². The highest BCUT2D eigenvalue weighted by molar-refractivity contribution is 9.10. The Hall–Kier alpha value is -2.75. The van der Waals surface area contributed by atoms with Crippen molar-refractivity contribution in [2.45, 2.75) is 4.90 Å². The second-order valence-electron chi connectivity index (χ2n) is 6.56. The van der Waals surface area contributed by atoms with Crippen LogP contribution in [-0.4, -0.2) is 41.4 Å². The van der Waals surface area contributed by atoms with Gasteiger partial charge < -0.3 is 5.32 Å². The number of fused-ring (bicyclic) bond motifs is 1. The van der Waals surface area contributed by atoms with Crippen molar-refractivity contribution in [3.05, 3.63) is 71.3 Å². The van der Waals surface area contributed by atoms with E-state index in [1.807, 2.05) is 36.4 Å². The van der Waals surface area contributed by atoms with Crippen molar-refractivity contribution in [1.82, 2.24) is 18.9 Å². The van der Waals surface area contributed by atoms with E-state index < -0.39 is 10.0 Å². The zero-order valence-corrected chi connectivity index (χ0v) is 18.1. The average Bonchev–Trinajstić information content (AvgIpc) is 3.10. The van der Waals surface area contributed by atoms with Gasteiger partial charge in [-0.1, -0.05) is 30.3 Å². The third kappa shape index (κ3) is 3.76. The molecule has 0 amide bonds. The first-order valence-electron chi connectivity index (χ1n) is 8.75. The fraction of sp³-hybridized carbons (Fsp3) is 0.100. The predicted molar refractivity (Wildman–Crippen MR) is 117 cm³/mol. The number of nitrogens with zero attached hydrogens (tertiary/aromatic N) is 4. The van der Waals surface area contributed by atoms with Crippen LogP contribution in [-0.2, 0) is 10.0 Å². The van der Waals surface area contributed by atoms with E-state index >= 15 is 0 Å². The summed E-state index contributed by atoms with van der Waals surface area (Å²) in [6.07, 6.45) is 1.69. The number of nitrogens with one attached hydrogen (secondary N) is 1. The first-order valence-corrected chi connectivity index (χ1v) is 11.0. The fourth-order valence-corrected chi connectivity index (χ4v) is 4.10. The largest absolute Gasteiger partial charge is 0.340 e. The van der Waals surface area contributed by atoms with Crippen molar-refractivity contribution in [2.24, 2.45) is 0 Å². The van der Waals surface area contributed by atoms with Crippen molar-refractivity contribution in [3.8, 4) is 11.3 Å². The van der Waals surface area contributed by atoms with E-state index in [1.54, 1.807) is 35.0 Å². The Morgan fingerprint density at radius 2 is 1.72 bits per heavy atom. The number of halogens is 1. The molecule has 0 spiro atoms. The van der Waals surface area contributed by atoms with E-state index in [0.29, 0.717) is 11.5 Å². The van der Waals surface area contributed by atoms with Crippen molar-refractivity contribution < 1.29 is 8.42 Å². The quantitative estimate of drug-likeness (QED) is 0.472. The monoisotopic (exact) mass is 471 g/mol. The Morgan fingerprint density at radius 1 is 1.03 bits per heavy atom. The summed E-state index contributed by atoms with van der Waals surface area (Å²) in [7, 11) is -0.449. The molecule has 2 aromatic carbocycles. The van der Waals surface area contributed by atoms with Gasteiger partial charge >= 0.3 is 0 Å². The van der Waals surface area contributed by atoms with E-state index in [-0.39, 0.29) is 4.90 Å². The minimum Gasteiger partial charge on any atom is -0.340 e. The predicted octanol–water partition coefficient (Wildman–Crippen LogP) is 4.15. The standard InChI is InChI=1S/C20H18BrN5O2S/c1-25(2)29(27,28)16-10-8-15(9-11-16)23-19-12-18(14-6-4-3-5-7-14)24-20-17(21)13-22-26(19)20/h3-13,23H,1-2H3. The van der Waals surface area contributed by atoms with Crippen molar-refractivity contribution in [1.29, 1.82) is 0 Å². The molecule has 4 rings (SSSR count). The molecule has 0 bridgehead atoms. The minimum atomic E-state index is -3.47. The smallest absolute Gasteiger partial charge is 0.242 e. The SMILES string of the molecule is CN(C)S(=O)(=O)c1ccc(Nc2cc(-c3ccccc3)nc3c(Br)cnn23)cc1. The Kier molecular flexibility index (Phi) is 5.12. The summed E-state index contributed by atoms with van der Waals surface area (Å²) in [4.78, 5) is 4.94. The molecule has 29 heavy (non-hydrogen) atoms. The maximum Gasteiger partial charge on any atom is 0.242 e. The van der Waals surface area contributed by atoms with E-state index in [2.05, 4.69) is 26.3 Å². The molecule has 0 aliphatic heterocycles. The Morgan fingerprint density at radius 3 is 2.38 bits per heavy atom. The normalized spacial score (nSPS) is 11.9. The van der Waals surface area contributed by atoms with Crippen LogP contribution in [0.4, 0.5) is 11.5 Å². The van der Waals surface area contributed by atoms with Crippen LogP contribution in [0.25, 0.3) is 16.9 Å². The van der Waals surface area contributed by atoms with Crippen LogP contribution in [0, 0.1) is 0 Å². The van der Waals surface area contributed by atoms with E-state index in [9.17, 15) is 8.42 Å². The minimum absolute atomic E-state index is 0.236. The highest BCUT2D eigenvalue weighted by Gasteiger charge is 2.17. The topological polar surface area (TPSA) is 79.6 Å². The second kappa shape index (κ2) is 7.58. The van der Waals surface area contributed by atoms with Crippen LogP contribution >= 0.6 is 15.9 Å². The van der Waals surface area contributed by atoms with Crippen molar-refractivity contribution >= 4 is 43.1 Å². The molecule has 1 N–H and O–H groups in total. The van der Waals surface area contributed by atoms with Crippen LogP contribution in [0.3, 0.4) is 0 Å². The van der Waals surface area contributed by atoms with Gasteiger partial charge in [-0.25, -0.2) is 17.7 Å². The number of sulfonamides is 1. The van der Waals surface area contributed by atoms with Crippen LogP contribution in [0.15, 0.2) is 76.2 Å². The third-order valence-electron chi connectivity index (χ3n) is 4.40. The number of hydrogen-bond donors (Lipinski definition) is 1. The maximum absolute atomic E-state index is 12.3. The molecule has 7 nitrogen and oxygen atoms in total. The van der Waals surface area contributed by atoms with Gasteiger partial charge in [-0.2, -0.15) is 9.61 Å². The highest BCUT2D eigenvalue weighted by atomic mass is 79.9. The van der Waals surface area contributed by atoms with Gasteiger partial charge in [0.1, 0.15) is 5.82 Å². The highest BCUT2D eigenvalue weighted by Crippen LogP contribution is 2.28. The molecule has 0 fully saturated rings. The van der Waals surface area contributed by atoms with Gasteiger partial charge in [0, 0.05) is 31.4 Å². The van der Waals surface area contributed by atoms with Crippen LogP contribution in [0.2, 0.25) is 0 Å². The summed E-state index contributed by atoms with van der Waals surface area (Å²) in [5, 5.41) is 7.68. The van der Waals surface area contributed by atoms with Gasteiger partial charge in [0.2, 0.25) is 10.0 Å². The number of benzene rings is 2. The number of anilines is 2. The molecule has 2 aromatic heterocycles. The summed E-state index contributed by atoms with van der Waals surface area (Å²) in [5.74, 6) is 0.711. The molecule has 2 heterocycles. The van der Waals surface area contributed by atoms with Gasteiger partial charge in [-0.15, -0.1) is 0 Å². The molecule has 0 saturated heterocycles. The molecule has 0 aliphatic carbocycles. The Bertz CT molecular complexity index is 1270. The van der Waals surface area contributed by atoms with Crippen LogP contribution in [0.5, 0.6) is 0 Å². The summed E-state index contributed by atoms with van der Waals surface area (Å²) in [6.45, 7) is 0. The molecular formula is C20H18BrN5O2S. The average molecular weight is 472 g/mol. The molecule has 0 aliphatic rings. The van der Waals surface area contributed by atoms with Gasteiger partial charge in [0.15, 0.2) is 5.65 Å². The molecule has 4 aromatic rings. The van der Waals surface area contributed by atoms with Gasteiger partial charge in [0.05, 0.1) is 21.3 Å². The van der Waals surface area contributed by atoms with Crippen molar-refractivity contribution in [3.63, 3.8) is 0 Å². The summed E-state index contributed by atoms with van der Waals surface area (Å²) >= 11 is 3.49. The zero-order valence-electron chi connectivity index (χ0n) is 15.7. The lowest BCUT2D eigenvalue weighted by Crippen LogP contribution is -2.22. The summed E-state index contributed by atoms with van der Waals surface area (Å²) in [5.41, 5.74) is 3.20. The van der Waals surface area contributed by atoms with E-state index in [4.69, 9.17) is 4.98 Å². The van der Waals surface area contributed by atoms with Crippen molar-refractivity contribution in [2.75, 3.05) is 19.4 Å². The van der Waals surface area contributed by atoms with Crippen LogP contribution < -0.4 is 5.32 Å². The van der Waals surface area contributed by atoms with Gasteiger partial charge in [0.25, 0.3) is 0 Å². The summed E-state index contributed by atoms with van der Waals surface area (Å²) in [6, 6.07) is 18.4. The van der Waals surface area contributed by atoms with E-state index in [1.165, 1.54) is 18.4 Å². The maximum atomic E-state index is 12.3. The lowest BCUT2D eigenvalue weighted by Gasteiger charge is -2.13. The number of aromatic nitrogens is 3.